The highest BCUT2D eigenvalue weighted by atomic mass is 32.1. The van der Waals surface area contributed by atoms with Crippen LogP contribution in [-0.2, 0) is 11.3 Å². The Morgan fingerprint density at radius 1 is 1.17 bits per heavy atom. The molecule has 0 bridgehead atoms. The fourth-order valence-corrected chi connectivity index (χ4v) is 4.09. The van der Waals surface area contributed by atoms with Gasteiger partial charge in [-0.05, 0) is 54.5 Å². The first-order chi connectivity index (χ1) is 14.6. The highest BCUT2D eigenvalue weighted by Gasteiger charge is 2.09. The molecule has 1 N–H and O–H groups in total. The van der Waals surface area contributed by atoms with Crippen molar-refractivity contribution in [3.63, 3.8) is 0 Å². The van der Waals surface area contributed by atoms with Crippen LogP contribution in [0.2, 0.25) is 0 Å². The maximum absolute atomic E-state index is 12.5. The molecule has 8 heteroatoms. The molecule has 0 spiro atoms. The Morgan fingerprint density at radius 2 is 1.90 bits per heavy atom. The molecule has 2 aromatic carbocycles. The van der Waals surface area contributed by atoms with E-state index in [1.54, 1.807) is 48.1 Å². The Morgan fingerprint density at radius 3 is 2.60 bits per heavy atom. The first-order valence-electron chi connectivity index (χ1n) is 9.55. The van der Waals surface area contributed by atoms with Gasteiger partial charge in [0.05, 0.1) is 11.6 Å². The number of carbonyl (C=O) groups excluding carboxylic acids is 1. The lowest BCUT2D eigenvalue weighted by atomic mass is 10.2. The minimum absolute atomic E-state index is 0.00831. The molecule has 30 heavy (non-hydrogen) atoms. The third-order valence-corrected chi connectivity index (χ3v) is 5.64. The summed E-state index contributed by atoms with van der Waals surface area (Å²) in [6, 6.07) is 14.3. The lowest BCUT2D eigenvalue weighted by Gasteiger charge is -2.08. The van der Waals surface area contributed by atoms with Gasteiger partial charge in [-0.15, -0.1) is 0 Å². The standard InChI is InChI=1S/C22H21N3O4S/c1-28-17-9-5-16(6-10-17)24-20(26)14-29-18-7-3-15(4-8-18)13-19-21(27)25-12-2-11-23-22(25)30-19/h3-10,13H,2,11-12,14H2,1H3,(H,24,26)/b19-13+. The van der Waals surface area contributed by atoms with Gasteiger partial charge in [0, 0.05) is 18.8 Å². The van der Waals surface area contributed by atoms with Crippen LogP contribution in [0.5, 0.6) is 11.5 Å². The summed E-state index contributed by atoms with van der Waals surface area (Å²) in [6.45, 7) is 1.40. The van der Waals surface area contributed by atoms with Crippen molar-refractivity contribution in [2.24, 2.45) is 4.99 Å². The molecule has 1 aliphatic rings. The summed E-state index contributed by atoms with van der Waals surface area (Å²) in [6.07, 6.45) is 2.76. The van der Waals surface area contributed by atoms with E-state index < -0.39 is 0 Å². The molecule has 1 aliphatic heterocycles. The van der Waals surface area contributed by atoms with E-state index in [-0.39, 0.29) is 18.1 Å². The van der Waals surface area contributed by atoms with Crippen molar-refractivity contribution >= 4 is 29.0 Å². The van der Waals surface area contributed by atoms with Gasteiger partial charge in [0.25, 0.3) is 11.5 Å². The zero-order valence-electron chi connectivity index (χ0n) is 16.5. The number of aromatic nitrogens is 1. The average molecular weight is 423 g/mol. The van der Waals surface area contributed by atoms with E-state index in [4.69, 9.17) is 9.47 Å². The van der Waals surface area contributed by atoms with Crippen molar-refractivity contribution in [3.8, 4) is 11.5 Å². The average Bonchev–Trinajstić information content (AvgIpc) is 3.09. The Bertz CT molecular complexity index is 1210. The first kappa shape index (κ1) is 19.9. The number of anilines is 1. The van der Waals surface area contributed by atoms with Gasteiger partial charge in [-0.2, -0.15) is 0 Å². The number of thiazole rings is 1. The lowest BCUT2D eigenvalue weighted by Crippen LogP contribution is -2.33. The van der Waals surface area contributed by atoms with Gasteiger partial charge in [0.1, 0.15) is 11.5 Å². The van der Waals surface area contributed by atoms with Crippen molar-refractivity contribution < 1.29 is 14.3 Å². The molecular weight excluding hydrogens is 402 g/mol. The van der Waals surface area contributed by atoms with Crippen molar-refractivity contribution in [1.29, 1.82) is 0 Å². The monoisotopic (exact) mass is 423 g/mol. The second kappa shape index (κ2) is 8.96. The summed E-state index contributed by atoms with van der Waals surface area (Å²) in [4.78, 5) is 29.7. The minimum atomic E-state index is -0.253. The summed E-state index contributed by atoms with van der Waals surface area (Å²) in [7, 11) is 1.59. The number of nitrogens with zero attached hydrogens (tertiary/aromatic N) is 2. The molecule has 0 aliphatic carbocycles. The van der Waals surface area contributed by atoms with E-state index in [1.807, 2.05) is 18.2 Å². The van der Waals surface area contributed by atoms with Crippen LogP contribution in [0.25, 0.3) is 6.08 Å². The maximum Gasteiger partial charge on any atom is 0.270 e. The third-order valence-electron chi connectivity index (χ3n) is 4.60. The molecule has 154 valence electrons. The SMILES string of the molecule is COc1ccc(NC(=O)COc2ccc(/C=c3/sc4n(c3=O)CCCN=4)cc2)cc1. The van der Waals surface area contributed by atoms with Crippen molar-refractivity contribution in [2.45, 2.75) is 13.0 Å². The molecular formula is C22H21N3O4S. The van der Waals surface area contributed by atoms with Crippen molar-refractivity contribution in [1.82, 2.24) is 4.57 Å². The fraction of sp³-hybridized carbons (Fsp3) is 0.227. The Hall–Kier alpha value is -3.39. The van der Waals surface area contributed by atoms with E-state index in [9.17, 15) is 9.59 Å². The number of hydrogen-bond donors (Lipinski definition) is 1. The first-order valence-corrected chi connectivity index (χ1v) is 10.4. The normalized spacial score (nSPS) is 13.3. The summed E-state index contributed by atoms with van der Waals surface area (Å²) in [5, 5.41) is 2.77. The highest BCUT2D eigenvalue weighted by Crippen LogP contribution is 2.16. The molecule has 0 unspecified atom stereocenters. The summed E-state index contributed by atoms with van der Waals surface area (Å²) in [5.74, 6) is 1.05. The largest absolute Gasteiger partial charge is 0.497 e. The van der Waals surface area contributed by atoms with Crippen LogP contribution in [0.4, 0.5) is 5.69 Å². The van der Waals surface area contributed by atoms with Crippen LogP contribution in [0.1, 0.15) is 12.0 Å². The van der Waals surface area contributed by atoms with Gasteiger partial charge in [0.2, 0.25) is 0 Å². The molecule has 0 atom stereocenters. The van der Waals surface area contributed by atoms with Gasteiger partial charge in [-0.1, -0.05) is 23.5 Å². The van der Waals surface area contributed by atoms with Gasteiger partial charge >= 0.3 is 0 Å². The smallest absolute Gasteiger partial charge is 0.270 e. The molecule has 0 radical (unpaired) electrons. The Kier molecular flexibility index (Phi) is 5.94. The number of carbonyl (C=O) groups is 1. The van der Waals surface area contributed by atoms with Gasteiger partial charge in [-0.25, -0.2) is 0 Å². The summed E-state index contributed by atoms with van der Waals surface area (Å²) in [5.41, 5.74) is 1.57. The van der Waals surface area contributed by atoms with Crippen LogP contribution in [0.15, 0.2) is 58.3 Å². The van der Waals surface area contributed by atoms with Gasteiger partial charge in [-0.3, -0.25) is 19.1 Å². The highest BCUT2D eigenvalue weighted by molar-refractivity contribution is 7.07. The number of hydrogen-bond acceptors (Lipinski definition) is 6. The summed E-state index contributed by atoms with van der Waals surface area (Å²) >= 11 is 1.41. The predicted molar refractivity (Wildman–Crippen MR) is 116 cm³/mol. The molecule has 0 saturated heterocycles. The molecule has 0 fully saturated rings. The Labute approximate surface area is 176 Å². The molecule has 1 aromatic heterocycles. The van der Waals surface area contributed by atoms with E-state index in [0.29, 0.717) is 16.0 Å². The molecule has 4 rings (SSSR count). The Balaban J connectivity index is 1.37. The number of benzene rings is 2. The zero-order valence-corrected chi connectivity index (χ0v) is 17.3. The number of methoxy groups -OCH3 is 1. The van der Waals surface area contributed by atoms with Crippen molar-refractivity contribution in [2.75, 3.05) is 25.6 Å². The fourth-order valence-electron chi connectivity index (χ4n) is 3.06. The number of rotatable bonds is 6. The molecule has 2 heterocycles. The molecule has 3 aromatic rings. The van der Waals surface area contributed by atoms with E-state index >= 15 is 0 Å². The van der Waals surface area contributed by atoms with Crippen LogP contribution in [0.3, 0.4) is 0 Å². The third kappa shape index (κ3) is 4.60. The summed E-state index contributed by atoms with van der Waals surface area (Å²) < 4.78 is 13.0. The molecule has 1 amide bonds. The second-order valence-electron chi connectivity index (χ2n) is 6.72. The van der Waals surface area contributed by atoms with Crippen LogP contribution < -0.4 is 29.7 Å². The van der Waals surface area contributed by atoms with E-state index in [2.05, 4.69) is 10.3 Å². The van der Waals surface area contributed by atoms with Gasteiger partial charge < -0.3 is 14.8 Å². The maximum atomic E-state index is 12.5. The zero-order chi connectivity index (χ0) is 20.9. The lowest BCUT2D eigenvalue weighted by molar-refractivity contribution is -0.118. The second-order valence-corrected chi connectivity index (χ2v) is 7.73. The molecule has 7 nitrogen and oxygen atoms in total. The van der Waals surface area contributed by atoms with Crippen LogP contribution >= 0.6 is 11.3 Å². The number of nitrogens with one attached hydrogen (secondary N) is 1. The van der Waals surface area contributed by atoms with Crippen LogP contribution in [0, 0.1) is 0 Å². The minimum Gasteiger partial charge on any atom is -0.497 e. The quantitative estimate of drug-likeness (QED) is 0.655. The van der Waals surface area contributed by atoms with E-state index in [1.165, 1.54) is 11.3 Å². The van der Waals surface area contributed by atoms with E-state index in [0.717, 1.165) is 35.6 Å². The van der Waals surface area contributed by atoms with Crippen LogP contribution in [-0.4, -0.2) is 30.7 Å². The number of amides is 1. The van der Waals surface area contributed by atoms with Gasteiger partial charge in [0.15, 0.2) is 11.4 Å². The topological polar surface area (TPSA) is 81.9 Å². The number of ether oxygens (including phenoxy) is 2. The van der Waals surface area contributed by atoms with Crippen molar-refractivity contribution in [3.05, 3.63) is 73.8 Å². The number of fused-ring (bicyclic) bond motifs is 1. The molecule has 0 saturated carbocycles. The predicted octanol–water partition coefficient (Wildman–Crippen LogP) is 1.79.